The molecule has 1 aliphatic carbocycles. The van der Waals surface area contributed by atoms with Crippen molar-refractivity contribution in [3.05, 3.63) is 48.2 Å². The largest absolute Gasteiger partial charge is 0.508 e. The van der Waals surface area contributed by atoms with E-state index in [0.29, 0.717) is 5.56 Å². The summed E-state index contributed by atoms with van der Waals surface area (Å²) in [7, 11) is 0. The molecule has 4 aliphatic rings. The molecule has 12 heteroatoms. The molecule has 0 amide bonds. The van der Waals surface area contributed by atoms with Crippen LogP contribution >= 0.6 is 0 Å². The molecule has 11 atom stereocenters. The molecular formula is C24H28O12. The van der Waals surface area contributed by atoms with Gasteiger partial charge in [0.1, 0.15) is 48.5 Å². The van der Waals surface area contributed by atoms with Gasteiger partial charge >= 0.3 is 5.97 Å². The lowest BCUT2D eigenvalue weighted by atomic mass is 9.85. The minimum atomic E-state index is -1.64. The molecule has 1 saturated carbocycles. The SMILES string of the molecule is O=C(/C=C/c1ccc(O)cc1)OC[C@]12O[C@H]1[C@@H](O)[C@H]1C=CO[C@@H](O[C@@H]3O[C@H](CO)[C@@H](O)[C@H](O)[C@@H]3O)[C@@H]12. The second-order valence-electron chi connectivity index (χ2n) is 9.29. The van der Waals surface area contributed by atoms with Crippen LogP contribution in [0.25, 0.3) is 6.08 Å². The van der Waals surface area contributed by atoms with Crippen molar-refractivity contribution in [1.29, 1.82) is 0 Å². The van der Waals surface area contributed by atoms with Gasteiger partial charge in [0.15, 0.2) is 6.29 Å². The Morgan fingerprint density at radius 2 is 1.78 bits per heavy atom. The third kappa shape index (κ3) is 4.40. The minimum Gasteiger partial charge on any atom is -0.508 e. The molecule has 196 valence electrons. The highest BCUT2D eigenvalue weighted by Crippen LogP contribution is 2.60. The molecule has 0 bridgehead atoms. The van der Waals surface area contributed by atoms with E-state index in [1.165, 1.54) is 30.5 Å². The number of esters is 1. The van der Waals surface area contributed by atoms with Gasteiger partial charge in [0.25, 0.3) is 0 Å². The van der Waals surface area contributed by atoms with Crippen molar-refractivity contribution < 1.29 is 59.1 Å². The van der Waals surface area contributed by atoms with Crippen LogP contribution in [0.1, 0.15) is 5.56 Å². The Labute approximate surface area is 205 Å². The van der Waals surface area contributed by atoms with Gasteiger partial charge in [-0.1, -0.05) is 12.1 Å². The monoisotopic (exact) mass is 508 g/mol. The second-order valence-corrected chi connectivity index (χ2v) is 9.29. The lowest BCUT2D eigenvalue weighted by molar-refractivity contribution is -0.344. The van der Waals surface area contributed by atoms with E-state index in [-0.39, 0.29) is 12.4 Å². The summed E-state index contributed by atoms with van der Waals surface area (Å²) < 4.78 is 28.0. The predicted molar refractivity (Wildman–Crippen MR) is 118 cm³/mol. The van der Waals surface area contributed by atoms with Gasteiger partial charge in [-0.05, 0) is 29.8 Å². The smallest absolute Gasteiger partial charge is 0.330 e. The molecule has 0 aromatic heterocycles. The van der Waals surface area contributed by atoms with Gasteiger partial charge in [-0.2, -0.15) is 0 Å². The van der Waals surface area contributed by atoms with Crippen LogP contribution in [0.15, 0.2) is 42.7 Å². The molecule has 3 fully saturated rings. The summed E-state index contributed by atoms with van der Waals surface area (Å²) in [6, 6.07) is 6.22. The zero-order valence-corrected chi connectivity index (χ0v) is 18.9. The number of hydrogen-bond donors (Lipinski definition) is 6. The Kier molecular flexibility index (Phi) is 6.78. The molecule has 36 heavy (non-hydrogen) atoms. The van der Waals surface area contributed by atoms with Crippen LogP contribution in [-0.4, -0.2) is 105 Å². The Morgan fingerprint density at radius 1 is 1.03 bits per heavy atom. The molecule has 5 rings (SSSR count). The normalized spacial score (nSPS) is 43.0. The molecule has 1 aromatic carbocycles. The summed E-state index contributed by atoms with van der Waals surface area (Å²) in [5, 5.41) is 59.9. The fourth-order valence-corrected chi connectivity index (χ4v) is 5.14. The minimum absolute atomic E-state index is 0.101. The highest BCUT2D eigenvalue weighted by atomic mass is 16.8. The molecule has 6 N–H and O–H groups in total. The third-order valence-electron chi connectivity index (χ3n) is 7.12. The number of phenolic OH excluding ortho intramolecular Hbond substituents is 1. The van der Waals surface area contributed by atoms with Gasteiger partial charge in [-0.15, -0.1) is 0 Å². The number of fused-ring (bicyclic) bond motifs is 3. The van der Waals surface area contributed by atoms with Crippen molar-refractivity contribution >= 4 is 12.0 Å². The van der Waals surface area contributed by atoms with Gasteiger partial charge in [0.05, 0.1) is 24.9 Å². The maximum atomic E-state index is 12.3. The highest BCUT2D eigenvalue weighted by Gasteiger charge is 2.76. The lowest BCUT2D eigenvalue weighted by Crippen LogP contribution is -2.60. The number of aliphatic hydroxyl groups is 5. The van der Waals surface area contributed by atoms with E-state index < -0.39 is 79.2 Å². The van der Waals surface area contributed by atoms with Gasteiger partial charge in [-0.25, -0.2) is 4.79 Å². The van der Waals surface area contributed by atoms with Crippen LogP contribution in [0.5, 0.6) is 5.75 Å². The van der Waals surface area contributed by atoms with Gasteiger partial charge in [-0.3, -0.25) is 0 Å². The molecule has 12 nitrogen and oxygen atoms in total. The van der Waals surface area contributed by atoms with E-state index in [2.05, 4.69) is 0 Å². The molecule has 3 heterocycles. The standard InChI is InChI=1S/C24H28O12/c25-9-14-18(29)19(30)20(31)23(34-14)35-22-16-13(7-8-32-22)17(28)21-24(16,36-21)10-33-15(27)6-3-11-1-4-12(26)5-2-11/h1-8,13-14,16-23,25-26,28-31H,9-10H2/b6-3+/t13-,14+,16+,17-,18+,19-,20-,21-,22-,23-,24+/m0/s1. The molecular weight excluding hydrogens is 480 g/mol. The summed E-state index contributed by atoms with van der Waals surface area (Å²) in [4.78, 5) is 12.3. The summed E-state index contributed by atoms with van der Waals surface area (Å²) in [5.41, 5.74) is -0.436. The van der Waals surface area contributed by atoms with Crippen LogP contribution in [0.4, 0.5) is 0 Å². The number of rotatable bonds is 7. The fraction of sp³-hybridized carbons (Fsp3) is 0.542. The van der Waals surface area contributed by atoms with Gasteiger partial charge in [0.2, 0.25) is 6.29 Å². The molecule has 2 saturated heterocycles. The maximum Gasteiger partial charge on any atom is 0.330 e. The maximum absolute atomic E-state index is 12.3. The van der Waals surface area contributed by atoms with E-state index in [1.807, 2.05) is 0 Å². The Bertz CT molecular complexity index is 1010. The van der Waals surface area contributed by atoms with Crippen LogP contribution in [-0.2, 0) is 28.5 Å². The van der Waals surface area contributed by atoms with Crippen molar-refractivity contribution in [3.8, 4) is 5.75 Å². The van der Waals surface area contributed by atoms with E-state index in [9.17, 15) is 35.4 Å². The van der Waals surface area contributed by atoms with Crippen molar-refractivity contribution in [2.75, 3.05) is 13.2 Å². The fourth-order valence-electron chi connectivity index (χ4n) is 5.14. The van der Waals surface area contributed by atoms with Crippen LogP contribution in [0.2, 0.25) is 0 Å². The first kappa shape index (κ1) is 25.1. The number of carbonyl (C=O) groups excluding carboxylic acids is 1. The van der Waals surface area contributed by atoms with Crippen molar-refractivity contribution in [2.24, 2.45) is 11.8 Å². The summed E-state index contributed by atoms with van der Waals surface area (Å²) in [6.07, 6.45) is -4.42. The zero-order chi connectivity index (χ0) is 25.6. The topological polar surface area (TPSA) is 188 Å². The average molecular weight is 508 g/mol. The van der Waals surface area contributed by atoms with Gasteiger partial charge in [0, 0.05) is 12.0 Å². The Morgan fingerprint density at radius 3 is 2.50 bits per heavy atom. The van der Waals surface area contributed by atoms with E-state index in [0.717, 1.165) is 0 Å². The number of epoxide rings is 1. The zero-order valence-electron chi connectivity index (χ0n) is 18.9. The highest BCUT2D eigenvalue weighted by molar-refractivity contribution is 5.87. The quantitative estimate of drug-likeness (QED) is 0.141. The first-order valence-corrected chi connectivity index (χ1v) is 11.5. The summed E-state index contributed by atoms with van der Waals surface area (Å²) in [5.74, 6) is -1.69. The molecule has 1 aromatic rings. The molecule has 3 aliphatic heterocycles. The Hall–Kier alpha value is -2.55. The number of aromatic hydroxyl groups is 1. The van der Waals surface area contributed by atoms with E-state index in [4.69, 9.17) is 23.7 Å². The van der Waals surface area contributed by atoms with Crippen LogP contribution < -0.4 is 0 Å². The number of carbonyl (C=O) groups is 1. The number of hydrogen-bond acceptors (Lipinski definition) is 12. The third-order valence-corrected chi connectivity index (χ3v) is 7.12. The summed E-state index contributed by atoms with van der Waals surface area (Å²) >= 11 is 0. The molecule has 0 unspecified atom stereocenters. The predicted octanol–water partition coefficient (Wildman–Crippen LogP) is -1.62. The number of ether oxygens (including phenoxy) is 5. The summed E-state index contributed by atoms with van der Waals surface area (Å²) in [6.45, 7) is -0.829. The average Bonchev–Trinajstić information content (AvgIpc) is 3.56. The first-order chi connectivity index (χ1) is 17.2. The number of aliphatic hydroxyl groups excluding tert-OH is 5. The molecule has 0 radical (unpaired) electrons. The second kappa shape index (κ2) is 9.72. The van der Waals surface area contributed by atoms with Crippen LogP contribution in [0.3, 0.4) is 0 Å². The van der Waals surface area contributed by atoms with Crippen molar-refractivity contribution in [3.63, 3.8) is 0 Å². The van der Waals surface area contributed by atoms with Crippen LogP contribution in [0, 0.1) is 11.8 Å². The van der Waals surface area contributed by atoms with Crippen molar-refractivity contribution in [1.82, 2.24) is 0 Å². The van der Waals surface area contributed by atoms with E-state index >= 15 is 0 Å². The lowest BCUT2D eigenvalue weighted by Gasteiger charge is -2.43. The van der Waals surface area contributed by atoms with Crippen molar-refractivity contribution in [2.45, 2.75) is 54.8 Å². The Balaban J connectivity index is 1.27. The number of phenols is 1. The molecule has 0 spiro atoms. The van der Waals surface area contributed by atoms with Gasteiger partial charge < -0.3 is 54.3 Å². The number of benzene rings is 1. The van der Waals surface area contributed by atoms with E-state index in [1.54, 1.807) is 18.2 Å². The first-order valence-electron chi connectivity index (χ1n) is 11.5.